The second kappa shape index (κ2) is 6.57. The van der Waals surface area contributed by atoms with E-state index in [1.165, 1.54) is 30.4 Å². The summed E-state index contributed by atoms with van der Waals surface area (Å²) in [6, 6.07) is 6.64. The maximum Gasteiger partial charge on any atom is 0.122 e. The van der Waals surface area contributed by atoms with E-state index < -0.39 is 0 Å². The summed E-state index contributed by atoms with van der Waals surface area (Å²) in [6.07, 6.45) is 4.79. The van der Waals surface area contributed by atoms with Crippen LogP contribution in [0.1, 0.15) is 57.1 Å². The van der Waals surface area contributed by atoms with Gasteiger partial charge in [0.05, 0.1) is 7.11 Å². The van der Waals surface area contributed by atoms with E-state index in [1.807, 2.05) is 0 Å². The van der Waals surface area contributed by atoms with Gasteiger partial charge in [0, 0.05) is 0 Å². The Balaban J connectivity index is 2.91. The van der Waals surface area contributed by atoms with Crippen LogP contribution in [0.4, 0.5) is 0 Å². The molecule has 1 unspecified atom stereocenters. The van der Waals surface area contributed by atoms with E-state index in [9.17, 15) is 0 Å². The van der Waals surface area contributed by atoms with E-state index in [1.54, 1.807) is 7.11 Å². The number of hydrogen-bond donors (Lipinski definition) is 0. The molecule has 0 saturated carbocycles. The van der Waals surface area contributed by atoms with Crippen LogP contribution in [0.5, 0.6) is 5.75 Å². The molecule has 0 aliphatic carbocycles. The Morgan fingerprint density at radius 3 is 2.56 bits per heavy atom. The average Bonchev–Trinajstić information content (AvgIpc) is 2.34. The fourth-order valence-corrected chi connectivity index (χ4v) is 1.90. The predicted molar refractivity (Wildman–Crippen MR) is 70.3 cm³/mol. The number of hydrogen-bond acceptors (Lipinski definition) is 1. The molecule has 1 heteroatoms. The minimum Gasteiger partial charge on any atom is -0.496 e. The van der Waals surface area contributed by atoms with Crippen molar-refractivity contribution in [3.05, 3.63) is 29.3 Å². The van der Waals surface area contributed by atoms with Crippen molar-refractivity contribution in [3.63, 3.8) is 0 Å². The van der Waals surface area contributed by atoms with Crippen molar-refractivity contribution < 1.29 is 4.74 Å². The van der Waals surface area contributed by atoms with Crippen LogP contribution in [0.25, 0.3) is 0 Å². The SMILES string of the molecule is CCCCc1cc(C(C)CC)ccc1OC. The van der Waals surface area contributed by atoms with Gasteiger partial charge in [-0.1, -0.05) is 39.3 Å². The highest BCUT2D eigenvalue weighted by Crippen LogP contribution is 2.27. The molecule has 0 aromatic heterocycles. The first-order valence-electron chi connectivity index (χ1n) is 6.39. The van der Waals surface area contributed by atoms with Gasteiger partial charge < -0.3 is 4.74 Å². The van der Waals surface area contributed by atoms with Crippen molar-refractivity contribution in [1.29, 1.82) is 0 Å². The first-order valence-corrected chi connectivity index (χ1v) is 6.39. The maximum absolute atomic E-state index is 5.41. The molecule has 0 amide bonds. The van der Waals surface area contributed by atoms with E-state index in [2.05, 4.69) is 39.0 Å². The lowest BCUT2D eigenvalue weighted by Gasteiger charge is -2.14. The summed E-state index contributed by atoms with van der Waals surface area (Å²) in [6.45, 7) is 6.75. The van der Waals surface area contributed by atoms with Crippen LogP contribution in [-0.4, -0.2) is 7.11 Å². The molecule has 0 N–H and O–H groups in total. The van der Waals surface area contributed by atoms with E-state index in [-0.39, 0.29) is 0 Å². The van der Waals surface area contributed by atoms with Crippen LogP contribution >= 0.6 is 0 Å². The monoisotopic (exact) mass is 220 g/mol. The van der Waals surface area contributed by atoms with E-state index >= 15 is 0 Å². The van der Waals surface area contributed by atoms with Gasteiger partial charge in [0.25, 0.3) is 0 Å². The summed E-state index contributed by atoms with van der Waals surface area (Å²) < 4.78 is 5.41. The molecule has 0 fully saturated rings. The molecule has 0 aliphatic rings. The van der Waals surface area contributed by atoms with Crippen molar-refractivity contribution in [2.75, 3.05) is 7.11 Å². The van der Waals surface area contributed by atoms with Gasteiger partial charge in [0.1, 0.15) is 5.75 Å². The number of aryl methyl sites for hydroxylation is 1. The largest absolute Gasteiger partial charge is 0.496 e. The molecule has 0 spiro atoms. The standard InChI is InChI=1S/C15H24O/c1-5-7-8-14-11-13(12(3)6-2)9-10-15(14)16-4/h9-12H,5-8H2,1-4H3. The Labute approximate surface area is 99.8 Å². The number of rotatable bonds is 6. The van der Waals surface area contributed by atoms with Crippen molar-refractivity contribution in [3.8, 4) is 5.75 Å². The van der Waals surface area contributed by atoms with Crippen molar-refractivity contribution in [2.24, 2.45) is 0 Å². The lowest BCUT2D eigenvalue weighted by Crippen LogP contribution is -1.97. The van der Waals surface area contributed by atoms with Crippen LogP contribution in [0.15, 0.2) is 18.2 Å². The molecule has 1 aromatic carbocycles. The molecule has 1 aromatic rings. The Hall–Kier alpha value is -0.980. The molecule has 0 radical (unpaired) electrons. The maximum atomic E-state index is 5.41. The lowest BCUT2D eigenvalue weighted by molar-refractivity contribution is 0.408. The summed E-state index contributed by atoms with van der Waals surface area (Å²) in [5, 5.41) is 0. The normalized spacial score (nSPS) is 12.5. The van der Waals surface area contributed by atoms with Gasteiger partial charge >= 0.3 is 0 Å². The van der Waals surface area contributed by atoms with Gasteiger partial charge in [0.15, 0.2) is 0 Å². The van der Waals surface area contributed by atoms with Crippen LogP contribution in [0.3, 0.4) is 0 Å². The number of benzene rings is 1. The highest BCUT2D eigenvalue weighted by Gasteiger charge is 2.07. The van der Waals surface area contributed by atoms with Gasteiger partial charge in [-0.3, -0.25) is 0 Å². The third kappa shape index (κ3) is 3.26. The molecule has 0 heterocycles. The second-order valence-electron chi connectivity index (χ2n) is 4.48. The van der Waals surface area contributed by atoms with Crippen molar-refractivity contribution in [2.45, 2.75) is 52.4 Å². The van der Waals surface area contributed by atoms with Gasteiger partial charge in [-0.25, -0.2) is 0 Å². The zero-order chi connectivity index (χ0) is 12.0. The van der Waals surface area contributed by atoms with Crippen LogP contribution in [0, 0.1) is 0 Å². The average molecular weight is 220 g/mol. The highest BCUT2D eigenvalue weighted by molar-refractivity contribution is 5.38. The van der Waals surface area contributed by atoms with Crippen LogP contribution in [0.2, 0.25) is 0 Å². The van der Waals surface area contributed by atoms with E-state index in [0.29, 0.717) is 5.92 Å². The fourth-order valence-electron chi connectivity index (χ4n) is 1.90. The van der Waals surface area contributed by atoms with Crippen molar-refractivity contribution in [1.82, 2.24) is 0 Å². The van der Waals surface area contributed by atoms with Crippen LogP contribution in [-0.2, 0) is 6.42 Å². The molecule has 0 saturated heterocycles. The summed E-state index contributed by atoms with van der Waals surface area (Å²) >= 11 is 0. The first-order chi connectivity index (χ1) is 7.72. The number of methoxy groups -OCH3 is 1. The summed E-state index contributed by atoms with van der Waals surface area (Å²) in [5.41, 5.74) is 2.80. The van der Waals surface area contributed by atoms with Gasteiger partial charge in [-0.05, 0) is 42.4 Å². The molecular formula is C15H24O. The Kier molecular flexibility index (Phi) is 5.37. The summed E-state index contributed by atoms with van der Waals surface area (Å²) in [7, 11) is 1.76. The first kappa shape index (κ1) is 13.1. The molecule has 1 atom stereocenters. The second-order valence-corrected chi connectivity index (χ2v) is 4.48. The molecular weight excluding hydrogens is 196 g/mol. The zero-order valence-corrected chi connectivity index (χ0v) is 11.0. The highest BCUT2D eigenvalue weighted by atomic mass is 16.5. The number of unbranched alkanes of at least 4 members (excludes halogenated alkanes) is 1. The quantitative estimate of drug-likeness (QED) is 0.683. The van der Waals surface area contributed by atoms with Gasteiger partial charge in [0.2, 0.25) is 0 Å². The van der Waals surface area contributed by atoms with Gasteiger partial charge in [-0.15, -0.1) is 0 Å². The third-order valence-corrected chi connectivity index (χ3v) is 3.29. The smallest absolute Gasteiger partial charge is 0.122 e. The Bertz CT molecular complexity index is 317. The van der Waals surface area contributed by atoms with E-state index in [0.717, 1.165) is 12.2 Å². The minimum absolute atomic E-state index is 0.645. The predicted octanol–water partition coefficient (Wildman–Crippen LogP) is 4.55. The summed E-state index contributed by atoms with van der Waals surface area (Å²) in [4.78, 5) is 0. The van der Waals surface area contributed by atoms with Crippen LogP contribution < -0.4 is 4.74 Å². The molecule has 0 aliphatic heterocycles. The lowest BCUT2D eigenvalue weighted by atomic mass is 9.95. The topological polar surface area (TPSA) is 9.23 Å². The zero-order valence-electron chi connectivity index (χ0n) is 11.0. The third-order valence-electron chi connectivity index (χ3n) is 3.29. The minimum atomic E-state index is 0.645. The molecule has 16 heavy (non-hydrogen) atoms. The fraction of sp³-hybridized carbons (Fsp3) is 0.600. The molecule has 0 bridgehead atoms. The van der Waals surface area contributed by atoms with Gasteiger partial charge in [-0.2, -0.15) is 0 Å². The van der Waals surface area contributed by atoms with E-state index in [4.69, 9.17) is 4.74 Å². The Morgan fingerprint density at radius 1 is 1.25 bits per heavy atom. The molecule has 90 valence electrons. The Morgan fingerprint density at radius 2 is 2.00 bits per heavy atom. The molecule has 1 nitrogen and oxygen atoms in total. The van der Waals surface area contributed by atoms with Crippen molar-refractivity contribution >= 4 is 0 Å². The number of ether oxygens (including phenoxy) is 1. The molecule has 1 rings (SSSR count). The summed E-state index contributed by atoms with van der Waals surface area (Å²) in [5.74, 6) is 1.69.